The number of amides is 1. The van der Waals surface area contributed by atoms with Crippen LogP contribution in [-0.4, -0.2) is 63.4 Å². The Morgan fingerprint density at radius 2 is 2.11 bits per heavy atom. The summed E-state index contributed by atoms with van der Waals surface area (Å²) in [4.78, 5) is 14.2. The molecule has 0 bridgehead atoms. The minimum absolute atomic E-state index is 0.122. The highest BCUT2D eigenvalue weighted by atomic mass is 16.5. The lowest BCUT2D eigenvalue weighted by Gasteiger charge is -2.26. The summed E-state index contributed by atoms with van der Waals surface area (Å²) in [6.07, 6.45) is 4.94. The molecule has 1 saturated carbocycles. The van der Waals surface area contributed by atoms with Gasteiger partial charge in [-0.1, -0.05) is 0 Å². The number of ether oxygens (including phenoxy) is 2. The molecule has 0 aromatic carbocycles. The van der Waals surface area contributed by atoms with Crippen molar-refractivity contribution < 1.29 is 14.3 Å². The van der Waals surface area contributed by atoms with Gasteiger partial charge in [0.05, 0.1) is 13.2 Å². The number of carbonyl (C=O) groups is 1. The molecule has 1 N–H and O–H groups in total. The predicted molar refractivity (Wildman–Crippen MR) is 73.0 cm³/mol. The molecule has 2 rings (SSSR count). The van der Waals surface area contributed by atoms with Gasteiger partial charge in [0.15, 0.2) is 0 Å². The molecule has 0 aromatic heterocycles. The van der Waals surface area contributed by atoms with E-state index < -0.39 is 0 Å². The van der Waals surface area contributed by atoms with Gasteiger partial charge >= 0.3 is 0 Å². The summed E-state index contributed by atoms with van der Waals surface area (Å²) < 4.78 is 10.3. The molecule has 1 amide bonds. The topological polar surface area (TPSA) is 50.8 Å². The highest BCUT2D eigenvalue weighted by Gasteiger charge is 2.28. The third kappa shape index (κ3) is 5.47. The van der Waals surface area contributed by atoms with E-state index in [2.05, 4.69) is 5.32 Å². The fourth-order valence-corrected chi connectivity index (χ4v) is 2.46. The first-order valence-electron chi connectivity index (χ1n) is 7.37. The summed E-state index contributed by atoms with van der Waals surface area (Å²) >= 11 is 0. The zero-order chi connectivity index (χ0) is 13.5. The summed E-state index contributed by atoms with van der Waals surface area (Å²) in [5.41, 5.74) is 0. The van der Waals surface area contributed by atoms with Crippen molar-refractivity contribution in [2.45, 2.75) is 31.7 Å². The summed E-state index contributed by atoms with van der Waals surface area (Å²) in [5, 5.41) is 3.46. The zero-order valence-electron chi connectivity index (χ0n) is 11.9. The molecule has 0 radical (unpaired) electrons. The molecule has 1 aliphatic heterocycles. The third-order valence-corrected chi connectivity index (χ3v) is 3.79. The van der Waals surface area contributed by atoms with Crippen molar-refractivity contribution >= 4 is 5.91 Å². The molecular formula is C14H26N2O3. The van der Waals surface area contributed by atoms with Crippen LogP contribution in [0.25, 0.3) is 0 Å². The van der Waals surface area contributed by atoms with Crippen LogP contribution in [0.1, 0.15) is 25.7 Å². The standard InChI is InChI=1S/C14H26N2O3/c1-18-7-8-19-11-14(17)16(9-12-4-5-12)10-13-3-2-6-15-13/h12-13,15H,2-11H2,1H3. The number of carbonyl (C=O) groups excluding carboxylic acids is 1. The van der Waals surface area contributed by atoms with E-state index in [1.54, 1.807) is 7.11 Å². The molecule has 1 heterocycles. The summed E-state index contributed by atoms with van der Waals surface area (Å²) in [5.74, 6) is 0.848. The van der Waals surface area contributed by atoms with Gasteiger partial charge in [-0.3, -0.25) is 4.79 Å². The lowest BCUT2D eigenvalue weighted by molar-refractivity contribution is -0.137. The second-order valence-corrected chi connectivity index (χ2v) is 5.58. The van der Waals surface area contributed by atoms with E-state index in [-0.39, 0.29) is 12.5 Å². The molecule has 2 aliphatic rings. The van der Waals surface area contributed by atoms with Crippen LogP contribution in [0.5, 0.6) is 0 Å². The first kappa shape index (κ1) is 14.8. The Hall–Kier alpha value is -0.650. The van der Waals surface area contributed by atoms with Crippen molar-refractivity contribution in [1.82, 2.24) is 10.2 Å². The maximum Gasteiger partial charge on any atom is 0.248 e. The highest BCUT2D eigenvalue weighted by molar-refractivity contribution is 5.77. The minimum atomic E-state index is 0.122. The highest BCUT2D eigenvalue weighted by Crippen LogP contribution is 2.30. The van der Waals surface area contributed by atoms with Crippen LogP contribution < -0.4 is 5.32 Å². The van der Waals surface area contributed by atoms with Crippen molar-refractivity contribution in [3.05, 3.63) is 0 Å². The van der Waals surface area contributed by atoms with Gasteiger partial charge in [0, 0.05) is 26.2 Å². The van der Waals surface area contributed by atoms with Gasteiger partial charge in [0.25, 0.3) is 0 Å². The summed E-state index contributed by atoms with van der Waals surface area (Å²) in [7, 11) is 1.64. The molecule has 0 spiro atoms. The third-order valence-electron chi connectivity index (χ3n) is 3.79. The SMILES string of the molecule is COCCOCC(=O)N(CC1CC1)CC1CCCN1. The molecule has 1 unspecified atom stereocenters. The molecule has 0 aromatic rings. The zero-order valence-corrected chi connectivity index (χ0v) is 11.9. The van der Waals surface area contributed by atoms with Crippen LogP contribution in [-0.2, 0) is 14.3 Å². The normalized spacial score (nSPS) is 22.7. The Morgan fingerprint density at radius 1 is 1.26 bits per heavy atom. The lowest BCUT2D eigenvalue weighted by Crippen LogP contribution is -2.43. The van der Waals surface area contributed by atoms with E-state index >= 15 is 0 Å². The Kier molecular flexibility index (Phi) is 6.07. The molecular weight excluding hydrogens is 244 g/mol. The van der Waals surface area contributed by atoms with Crippen molar-refractivity contribution in [3.63, 3.8) is 0 Å². The fourth-order valence-electron chi connectivity index (χ4n) is 2.46. The smallest absolute Gasteiger partial charge is 0.248 e. The minimum Gasteiger partial charge on any atom is -0.382 e. The van der Waals surface area contributed by atoms with Gasteiger partial charge in [0.2, 0.25) is 5.91 Å². The van der Waals surface area contributed by atoms with E-state index in [1.807, 2.05) is 4.90 Å². The number of hydrogen-bond acceptors (Lipinski definition) is 4. The van der Waals surface area contributed by atoms with Crippen LogP contribution in [0, 0.1) is 5.92 Å². The molecule has 1 aliphatic carbocycles. The van der Waals surface area contributed by atoms with Crippen molar-refractivity contribution in [2.75, 3.05) is 46.6 Å². The van der Waals surface area contributed by atoms with Gasteiger partial charge in [0.1, 0.15) is 6.61 Å². The fraction of sp³-hybridized carbons (Fsp3) is 0.929. The Labute approximate surface area is 115 Å². The second kappa shape index (κ2) is 7.82. The Morgan fingerprint density at radius 3 is 2.74 bits per heavy atom. The Balaban J connectivity index is 1.72. The predicted octanol–water partition coefficient (Wildman–Crippen LogP) is 0.640. The second-order valence-electron chi connectivity index (χ2n) is 5.58. The number of rotatable bonds is 9. The average molecular weight is 270 g/mol. The van der Waals surface area contributed by atoms with Gasteiger partial charge < -0.3 is 19.7 Å². The van der Waals surface area contributed by atoms with Crippen LogP contribution in [0.4, 0.5) is 0 Å². The van der Waals surface area contributed by atoms with E-state index in [4.69, 9.17) is 9.47 Å². The summed E-state index contributed by atoms with van der Waals surface area (Å²) in [6, 6.07) is 0.474. The van der Waals surface area contributed by atoms with Crippen molar-refractivity contribution in [1.29, 1.82) is 0 Å². The van der Waals surface area contributed by atoms with Crippen LogP contribution >= 0.6 is 0 Å². The largest absolute Gasteiger partial charge is 0.382 e. The average Bonchev–Trinajstić information content (AvgIpc) is 3.07. The maximum absolute atomic E-state index is 12.2. The molecule has 110 valence electrons. The van der Waals surface area contributed by atoms with Gasteiger partial charge in [-0.2, -0.15) is 0 Å². The van der Waals surface area contributed by atoms with Gasteiger partial charge in [-0.25, -0.2) is 0 Å². The van der Waals surface area contributed by atoms with E-state index in [1.165, 1.54) is 25.7 Å². The number of nitrogens with zero attached hydrogens (tertiary/aromatic N) is 1. The van der Waals surface area contributed by atoms with Crippen LogP contribution in [0.3, 0.4) is 0 Å². The van der Waals surface area contributed by atoms with Gasteiger partial charge in [-0.15, -0.1) is 0 Å². The molecule has 1 saturated heterocycles. The molecule has 2 fully saturated rings. The lowest BCUT2D eigenvalue weighted by atomic mass is 10.2. The Bertz CT molecular complexity index is 276. The number of nitrogens with one attached hydrogen (secondary N) is 1. The molecule has 5 nitrogen and oxygen atoms in total. The van der Waals surface area contributed by atoms with Crippen LogP contribution in [0.2, 0.25) is 0 Å². The molecule has 5 heteroatoms. The van der Waals surface area contributed by atoms with Gasteiger partial charge in [-0.05, 0) is 38.1 Å². The quantitative estimate of drug-likeness (QED) is 0.625. The first-order valence-corrected chi connectivity index (χ1v) is 7.37. The molecule has 1 atom stereocenters. The monoisotopic (exact) mass is 270 g/mol. The van der Waals surface area contributed by atoms with Crippen LogP contribution in [0.15, 0.2) is 0 Å². The van der Waals surface area contributed by atoms with Crippen molar-refractivity contribution in [3.8, 4) is 0 Å². The van der Waals surface area contributed by atoms with E-state index in [0.717, 1.165) is 25.6 Å². The van der Waals surface area contributed by atoms with Crippen molar-refractivity contribution in [2.24, 2.45) is 5.92 Å². The maximum atomic E-state index is 12.2. The van der Waals surface area contributed by atoms with E-state index in [0.29, 0.717) is 19.3 Å². The van der Waals surface area contributed by atoms with E-state index in [9.17, 15) is 4.79 Å². The number of hydrogen-bond donors (Lipinski definition) is 1. The summed E-state index contributed by atoms with van der Waals surface area (Å²) in [6.45, 7) is 4.04. The first-order chi connectivity index (χ1) is 9.29. The molecule has 19 heavy (non-hydrogen) atoms. The number of methoxy groups -OCH3 is 1.